The molecule has 2 N–H and O–H groups in total. The molecule has 0 aliphatic rings. The molecule has 3 rings (SSSR count). The maximum atomic E-state index is 13.4. The minimum absolute atomic E-state index is 0.0841. The molecule has 1 aromatic heterocycles. The lowest BCUT2D eigenvalue weighted by Crippen LogP contribution is -2.12. The average Bonchev–Trinajstić information content (AvgIpc) is 2.64. The van der Waals surface area contributed by atoms with Gasteiger partial charge < -0.3 is 10.6 Å². The van der Waals surface area contributed by atoms with E-state index in [0.717, 1.165) is 23.7 Å². The quantitative estimate of drug-likeness (QED) is 0.497. The maximum Gasteiger partial charge on any atom is 0.421 e. The van der Waals surface area contributed by atoms with Crippen LogP contribution in [0, 0.1) is 12.8 Å². The molecule has 0 radical (unpaired) electrons. The van der Waals surface area contributed by atoms with E-state index in [2.05, 4.69) is 34.4 Å². The fourth-order valence-corrected chi connectivity index (χ4v) is 2.84. The van der Waals surface area contributed by atoms with Gasteiger partial charge in [0.1, 0.15) is 11.4 Å². The van der Waals surface area contributed by atoms with E-state index in [1.807, 2.05) is 43.3 Å². The van der Waals surface area contributed by atoms with Crippen molar-refractivity contribution in [1.29, 1.82) is 0 Å². The lowest BCUT2D eigenvalue weighted by atomic mass is 10.0. The molecule has 1 heterocycles. The third-order valence-corrected chi connectivity index (χ3v) is 4.26. The Kier molecular flexibility index (Phi) is 6.06. The molecule has 2 aromatic carbocycles. The van der Waals surface area contributed by atoms with Crippen LogP contribution in [0.2, 0.25) is 0 Å². The van der Waals surface area contributed by atoms with Gasteiger partial charge in [-0.25, -0.2) is 4.98 Å². The third-order valence-electron chi connectivity index (χ3n) is 4.26. The zero-order valence-corrected chi connectivity index (χ0v) is 16.5. The van der Waals surface area contributed by atoms with Crippen molar-refractivity contribution in [3.63, 3.8) is 0 Å². The van der Waals surface area contributed by atoms with E-state index in [9.17, 15) is 13.2 Å². The molecule has 0 saturated heterocycles. The maximum absolute atomic E-state index is 13.4. The summed E-state index contributed by atoms with van der Waals surface area (Å²) in [6.45, 7) is 6.18. The van der Waals surface area contributed by atoms with Gasteiger partial charge in [-0.15, -0.1) is 0 Å². The Labute approximate surface area is 168 Å². The number of halogens is 3. The number of alkyl halides is 3. The van der Waals surface area contributed by atoms with Crippen LogP contribution in [0.25, 0.3) is 0 Å². The summed E-state index contributed by atoms with van der Waals surface area (Å²) in [4.78, 5) is 7.90. The van der Waals surface area contributed by atoms with Gasteiger partial charge in [0.15, 0.2) is 0 Å². The summed E-state index contributed by atoms with van der Waals surface area (Å²) in [7, 11) is 0. The molecule has 0 aliphatic heterocycles. The highest BCUT2D eigenvalue weighted by Crippen LogP contribution is 2.35. The van der Waals surface area contributed by atoms with E-state index in [1.54, 1.807) is 12.1 Å². The molecule has 4 nitrogen and oxygen atoms in total. The van der Waals surface area contributed by atoms with Gasteiger partial charge in [-0.3, -0.25) is 0 Å². The molecular formula is C22H23F3N4. The van der Waals surface area contributed by atoms with Crippen molar-refractivity contribution in [2.75, 3.05) is 10.6 Å². The Hall–Kier alpha value is -3.09. The third kappa shape index (κ3) is 5.70. The van der Waals surface area contributed by atoms with Crippen LogP contribution in [-0.4, -0.2) is 9.97 Å². The first-order chi connectivity index (χ1) is 13.7. The Morgan fingerprint density at radius 3 is 2.07 bits per heavy atom. The summed E-state index contributed by atoms with van der Waals surface area (Å²) >= 11 is 0. The number of aryl methyl sites for hydroxylation is 1. The van der Waals surface area contributed by atoms with Gasteiger partial charge in [-0.1, -0.05) is 43.7 Å². The fraction of sp³-hybridized carbons (Fsp3) is 0.273. The molecular weight excluding hydrogens is 377 g/mol. The van der Waals surface area contributed by atoms with Gasteiger partial charge >= 0.3 is 6.18 Å². The van der Waals surface area contributed by atoms with Crippen LogP contribution in [-0.2, 0) is 12.6 Å². The first-order valence-corrected chi connectivity index (χ1v) is 9.34. The molecule has 0 aliphatic carbocycles. The molecule has 3 aromatic rings. The van der Waals surface area contributed by atoms with Crippen LogP contribution in [0.1, 0.15) is 30.5 Å². The highest BCUT2D eigenvalue weighted by atomic mass is 19.4. The predicted molar refractivity (Wildman–Crippen MR) is 110 cm³/mol. The number of hydrogen-bond acceptors (Lipinski definition) is 4. The number of aromatic nitrogens is 2. The van der Waals surface area contributed by atoms with Gasteiger partial charge in [-0.05, 0) is 49.1 Å². The van der Waals surface area contributed by atoms with Gasteiger partial charge in [-0.2, -0.15) is 18.2 Å². The van der Waals surface area contributed by atoms with E-state index in [1.165, 1.54) is 0 Å². The van der Waals surface area contributed by atoms with E-state index in [4.69, 9.17) is 0 Å². The molecule has 0 fully saturated rings. The minimum atomic E-state index is -4.57. The monoisotopic (exact) mass is 400 g/mol. The molecule has 29 heavy (non-hydrogen) atoms. The topological polar surface area (TPSA) is 49.8 Å². The number of rotatable bonds is 6. The number of nitrogens with zero attached hydrogens (tertiary/aromatic N) is 2. The van der Waals surface area contributed by atoms with Crippen LogP contribution in [0.15, 0.2) is 54.7 Å². The van der Waals surface area contributed by atoms with Crippen LogP contribution in [0.5, 0.6) is 0 Å². The summed E-state index contributed by atoms with van der Waals surface area (Å²) in [5.41, 5.74) is 2.51. The van der Waals surface area contributed by atoms with Gasteiger partial charge in [0.05, 0.1) is 0 Å². The average molecular weight is 400 g/mol. The van der Waals surface area contributed by atoms with Crippen molar-refractivity contribution < 1.29 is 13.2 Å². The highest BCUT2D eigenvalue weighted by molar-refractivity contribution is 5.63. The number of hydrogen-bond donors (Lipinski definition) is 2. The lowest BCUT2D eigenvalue weighted by Gasteiger charge is -2.15. The fourth-order valence-electron chi connectivity index (χ4n) is 2.84. The lowest BCUT2D eigenvalue weighted by molar-refractivity contribution is -0.137. The molecule has 0 spiro atoms. The summed E-state index contributed by atoms with van der Waals surface area (Å²) < 4.78 is 40.3. The normalized spacial score (nSPS) is 11.6. The molecule has 152 valence electrons. The van der Waals surface area contributed by atoms with Gasteiger partial charge in [0, 0.05) is 17.6 Å². The Bertz CT molecular complexity index is 949. The van der Waals surface area contributed by atoms with Crippen molar-refractivity contribution in [3.8, 4) is 0 Å². The van der Waals surface area contributed by atoms with E-state index in [0.29, 0.717) is 17.3 Å². The molecule has 0 saturated carbocycles. The second kappa shape index (κ2) is 8.51. The molecule has 0 atom stereocenters. The smallest absolute Gasteiger partial charge is 0.340 e. The summed E-state index contributed by atoms with van der Waals surface area (Å²) in [6.07, 6.45) is -2.87. The van der Waals surface area contributed by atoms with Crippen molar-refractivity contribution in [2.45, 2.75) is 33.4 Å². The van der Waals surface area contributed by atoms with Crippen LogP contribution in [0.4, 0.5) is 36.3 Å². The summed E-state index contributed by atoms with van der Waals surface area (Å²) in [6, 6.07) is 14.7. The SMILES string of the molecule is Cc1ccc(Nc2ncc(C(F)(F)F)c(Nc3ccc(CC(C)C)cc3)n2)cc1. The Morgan fingerprint density at radius 1 is 0.897 bits per heavy atom. The zero-order chi connectivity index (χ0) is 21.0. The number of anilines is 4. The standard InChI is InChI=1S/C22H23F3N4/c1-14(2)12-16-6-10-17(11-7-16)27-20-19(22(23,24)25)13-26-21(29-20)28-18-8-4-15(3)5-9-18/h4-11,13-14H,12H2,1-3H3,(H2,26,27,28,29). The van der Waals surface area contributed by atoms with Crippen molar-refractivity contribution in [1.82, 2.24) is 9.97 Å². The first kappa shape index (κ1) is 20.6. The van der Waals surface area contributed by atoms with Gasteiger partial charge in [0.25, 0.3) is 0 Å². The van der Waals surface area contributed by atoms with E-state index in [-0.39, 0.29) is 11.8 Å². The second-order valence-corrected chi connectivity index (χ2v) is 7.36. The number of benzene rings is 2. The Morgan fingerprint density at radius 2 is 1.48 bits per heavy atom. The summed E-state index contributed by atoms with van der Waals surface area (Å²) in [5.74, 6) is 0.294. The van der Waals surface area contributed by atoms with Gasteiger partial charge in [0.2, 0.25) is 5.95 Å². The largest absolute Gasteiger partial charge is 0.421 e. The molecule has 0 amide bonds. The second-order valence-electron chi connectivity index (χ2n) is 7.36. The van der Waals surface area contributed by atoms with Crippen molar-refractivity contribution in [2.24, 2.45) is 5.92 Å². The molecule has 0 unspecified atom stereocenters. The minimum Gasteiger partial charge on any atom is -0.340 e. The number of nitrogens with one attached hydrogen (secondary N) is 2. The van der Waals surface area contributed by atoms with Crippen LogP contribution >= 0.6 is 0 Å². The zero-order valence-electron chi connectivity index (χ0n) is 16.5. The predicted octanol–water partition coefficient (Wildman–Crippen LogP) is 6.49. The van der Waals surface area contributed by atoms with E-state index >= 15 is 0 Å². The first-order valence-electron chi connectivity index (χ1n) is 9.34. The molecule has 0 bridgehead atoms. The Balaban J connectivity index is 1.87. The highest BCUT2D eigenvalue weighted by Gasteiger charge is 2.35. The van der Waals surface area contributed by atoms with E-state index < -0.39 is 11.7 Å². The van der Waals surface area contributed by atoms with Crippen LogP contribution in [0.3, 0.4) is 0 Å². The van der Waals surface area contributed by atoms with Crippen molar-refractivity contribution in [3.05, 3.63) is 71.4 Å². The summed E-state index contributed by atoms with van der Waals surface area (Å²) in [5, 5.41) is 5.72. The van der Waals surface area contributed by atoms with Crippen molar-refractivity contribution >= 4 is 23.1 Å². The molecule has 7 heteroatoms. The van der Waals surface area contributed by atoms with Crippen LogP contribution < -0.4 is 10.6 Å².